The second-order valence-corrected chi connectivity index (χ2v) is 5.32. The fraction of sp³-hybridized carbons (Fsp3) is 0.100. The van der Waals surface area contributed by atoms with Crippen LogP contribution in [0.3, 0.4) is 0 Å². The molecule has 0 unspecified atom stereocenters. The van der Waals surface area contributed by atoms with Crippen LogP contribution in [0.25, 0.3) is 0 Å². The maximum absolute atomic E-state index is 12.8. The summed E-state index contributed by atoms with van der Waals surface area (Å²) in [6.07, 6.45) is 1.19. The van der Waals surface area contributed by atoms with Crippen molar-refractivity contribution >= 4 is 21.4 Å². The highest BCUT2D eigenvalue weighted by atomic mass is 32.2. The Hall–Kier alpha value is -2.09. The van der Waals surface area contributed by atoms with E-state index in [1.807, 2.05) is 0 Å². The van der Waals surface area contributed by atoms with Gasteiger partial charge in [-0.25, -0.2) is 9.37 Å². The second kappa shape index (κ2) is 4.30. The van der Waals surface area contributed by atoms with Crippen LogP contribution < -0.4 is 10.5 Å². The van der Waals surface area contributed by atoms with E-state index in [-0.39, 0.29) is 16.4 Å². The Kier molecular flexibility index (Phi) is 2.95. The summed E-state index contributed by atoms with van der Waals surface area (Å²) in [5, 5.41) is -0.0799. The number of benzene rings is 1. The van der Waals surface area contributed by atoms with Crippen molar-refractivity contribution in [2.75, 3.05) is 10.5 Å². The summed E-state index contributed by atoms with van der Waals surface area (Å²) < 4.78 is 38.9. The summed E-state index contributed by atoms with van der Waals surface area (Å²) in [5.41, 5.74) is 5.64. The second-order valence-electron chi connectivity index (χ2n) is 3.67. The van der Waals surface area contributed by atoms with Gasteiger partial charge in [-0.1, -0.05) is 0 Å². The van der Waals surface area contributed by atoms with Gasteiger partial charge >= 0.3 is 0 Å². The van der Waals surface area contributed by atoms with E-state index in [9.17, 15) is 12.8 Å². The zero-order valence-electron chi connectivity index (χ0n) is 9.44. The summed E-state index contributed by atoms with van der Waals surface area (Å²) in [7, 11) is -3.80. The predicted molar refractivity (Wildman–Crippen MR) is 64.9 cm³/mol. The smallest absolute Gasteiger partial charge is 0.279 e. The Morgan fingerprint density at radius 2 is 2.17 bits per heavy atom. The van der Waals surface area contributed by atoms with Gasteiger partial charge in [0.25, 0.3) is 10.0 Å². The highest BCUT2D eigenvalue weighted by molar-refractivity contribution is 7.92. The van der Waals surface area contributed by atoms with Crippen molar-refractivity contribution in [3.8, 4) is 0 Å². The molecular formula is C10H11FN4O2S. The molecule has 0 aliphatic heterocycles. The molecule has 1 aromatic heterocycles. The van der Waals surface area contributed by atoms with Gasteiger partial charge in [-0.3, -0.25) is 4.72 Å². The average Bonchev–Trinajstić information content (AvgIpc) is 2.70. The Morgan fingerprint density at radius 3 is 2.72 bits per heavy atom. The van der Waals surface area contributed by atoms with Crippen LogP contribution >= 0.6 is 0 Å². The molecule has 18 heavy (non-hydrogen) atoms. The number of aryl methyl sites for hydroxylation is 1. The Morgan fingerprint density at radius 1 is 1.44 bits per heavy atom. The van der Waals surface area contributed by atoms with Gasteiger partial charge in [0.1, 0.15) is 11.6 Å². The lowest BCUT2D eigenvalue weighted by Gasteiger charge is -2.08. The molecule has 0 aliphatic carbocycles. The number of H-pyrrole nitrogens is 1. The van der Waals surface area contributed by atoms with E-state index in [1.54, 1.807) is 6.92 Å². The number of sulfonamides is 1. The predicted octanol–water partition coefficient (Wildman–Crippen LogP) is 1.24. The first kappa shape index (κ1) is 12.4. The molecule has 2 aromatic rings. The lowest BCUT2D eigenvalue weighted by atomic mass is 10.3. The Balaban J connectivity index is 2.33. The van der Waals surface area contributed by atoms with Crippen molar-refractivity contribution in [2.24, 2.45) is 0 Å². The van der Waals surface area contributed by atoms with Crippen LogP contribution in [0.5, 0.6) is 0 Å². The molecule has 4 N–H and O–H groups in total. The van der Waals surface area contributed by atoms with E-state index in [0.29, 0.717) is 5.82 Å². The molecule has 0 amide bonds. The first-order valence-electron chi connectivity index (χ1n) is 4.98. The van der Waals surface area contributed by atoms with Gasteiger partial charge in [0.15, 0.2) is 5.03 Å². The van der Waals surface area contributed by atoms with Crippen LogP contribution in [0.4, 0.5) is 15.8 Å². The van der Waals surface area contributed by atoms with Gasteiger partial charge in [0.05, 0.1) is 17.6 Å². The molecule has 0 radical (unpaired) electrons. The van der Waals surface area contributed by atoms with Gasteiger partial charge in [0.2, 0.25) is 0 Å². The minimum absolute atomic E-state index is 0.00909. The van der Waals surface area contributed by atoms with Crippen molar-refractivity contribution in [1.29, 1.82) is 0 Å². The summed E-state index contributed by atoms with van der Waals surface area (Å²) in [5.74, 6) is -0.0599. The number of hydrogen-bond donors (Lipinski definition) is 3. The first-order chi connectivity index (χ1) is 8.38. The Bertz CT molecular complexity index is 681. The van der Waals surface area contributed by atoms with Crippen molar-refractivity contribution in [3.05, 3.63) is 36.0 Å². The first-order valence-corrected chi connectivity index (χ1v) is 6.46. The van der Waals surface area contributed by atoms with E-state index in [0.717, 1.165) is 12.1 Å². The molecule has 0 fully saturated rings. The monoisotopic (exact) mass is 270 g/mol. The van der Waals surface area contributed by atoms with Gasteiger partial charge in [-0.15, -0.1) is 0 Å². The summed E-state index contributed by atoms with van der Waals surface area (Å²) in [6, 6.07) is 3.41. The lowest BCUT2D eigenvalue weighted by molar-refractivity contribution is 0.598. The largest absolute Gasteiger partial charge is 0.397 e. The van der Waals surface area contributed by atoms with E-state index >= 15 is 0 Å². The standard InChI is InChI=1S/C10H11FN4O2S/c1-6-13-5-10(14-6)18(16,17)15-9-3-2-7(11)4-8(9)12/h2-5,15H,12H2,1H3,(H,13,14). The number of nitrogens with two attached hydrogens (primary N) is 1. The van der Waals surface area contributed by atoms with Crippen LogP contribution in [0.1, 0.15) is 5.82 Å². The van der Waals surface area contributed by atoms with Gasteiger partial charge in [-0.05, 0) is 25.1 Å². The molecule has 0 atom stereocenters. The third kappa shape index (κ3) is 2.43. The van der Waals surface area contributed by atoms with Crippen molar-refractivity contribution in [2.45, 2.75) is 11.9 Å². The number of anilines is 2. The molecule has 0 aliphatic rings. The summed E-state index contributed by atoms with van der Waals surface area (Å²) in [6.45, 7) is 1.63. The number of hydrogen-bond acceptors (Lipinski definition) is 4. The zero-order valence-corrected chi connectivity index (χ0v) is 10.3. The topological polar surface area (TPSA) is 101 Å². The molecule has 1 heterocycles. The van der Waals surface area contributed by atoms with Gasteiger partial charge in [-0.2, -0.15) is 8.42 Å². The van der Waals surface area contributed by atoms with E-state index < -0.39 is 15.8 Å². The van der Waals surface area contributed by atoms with Crippen LogP contribution in [0.15, 0.2) is 29.4 Å². The maximum atomic E-state index is 12.8. The zero-order chi connectivity index (χ0) is 13.3. The number of nitrogens with zero attached hydrogens (tertiary/aromatic N) is 1. The third-order valence-electron chi connectivity index (χ3n) is 2.23. The van der Waals surface area contributed by atoms with E-state index in [2.05, 4.69) is 14.7 Å². The number of rotatable bonds is 3. The maximum Gasteiger partial charge on any atom is 0.279 e. The van der Waals surface area contributed by atoms with Crippen molar-refractivity contribution < 1.29 is 12.8 Å². The van der Waals surface area contributed by atoms with Crippen LogP contribution in [0, 0.1) is 12.7 Å². The van der Waals surface area contributed by atoms with Crippen molar-refractivity contribution in [1.82, 2.24) is 9.97 Å². The molecule has 1 aromatic carbocycles. The molecule has 0 saturated carbocycles. The number of nitrogens with one attached hydrogen (secondary N) is 2. The van der Waals surface area contributed by atoms with E-state index in [1.165, 1.54) is 12.3 Å². The van der Waals surface area contributed by atoms with Crippen molar-refractivity contribution in [3.63, 3.8) is 0 Å². The minimum atomic E-state index is -3.80. The number of aromatic nitrogens is 2. The fourth-order valence-electron chi connectivity index (χ4n) is 1.36. The average molecular weight is 270 g/mol. The molecular weight excluding hydrogens is 259 g/mol. The number of nitrogen functional groups attached to an aromatic ring is 1. The van der Waals surface area contributed by atoms with Crippen LogP contribution in [-0.2, 0) is 10.0 Å². The summed E-state index contributed by atoms with van der Waals surface area (Å²) in [4.78, 5) is 6.39. The quantitative estimate of drug-likeness (QED) is 0.730. The van der Waals surface area contributed by atoms with Crippen LogP contribution in [-0.4, -0.2) is 18.4 Å². The van der Waals surface area contributed by atoms with Gasteiger partial charge < -0.3 is 10.7 Å². The molecule has 0 saturated heterocycles. The highest BCUT2D eigenvalue weighted by Crippen LogP contribution is 2.22. The Labute approximate surface area is 103 Å². The molecule has 0 bridgehead atoms. The van der Waals surface area contributed by atoms with Gasteiger partial charge in [0, 0.05) is 0 Å². The normalized spacial score (nSPS) is 11.4. The van der Waals surface area contributed by atoms with Crippen LogP contribution in [0.2, 0.25) is 0 Å². The number of aromatic amines is 1. The molecule has 0 spiro atoms. The number of imidazole rings is 1. The molecule has 8 heteroatoms. The highest BCUT2D eigenvalue weighted by Gasteiger charge is 2.17. The number of halogens is 1. The third-order valence-corrected chi connectivity index (χ3v) is 3.50. The molecule has 2 rings (SSSR count). The lowest BCUT2D eigenvalue weighted by Crippen LogP contribution is -2.14. The minimum Gasteiger partial charge on any atom is -0.397 e. The molecule has 96 valence electrons. The SMILES string of the molecule is Cc1ncc(S(=O)(=O)Nc2ccc(F)cc2N)[nH]1. The molecule has 6 nitrogen and oxygen atoms in total. The fourth-order valence-corrected chi connectivity index (χ4v) is 2.42. The van der Waals surface area contributed by atoms with E-state index in [4.69, 9.17) is 5.73 Å². The summed E-state index contributed by atoms with van der Waals surface area (Å²) >= 11 is 0.